The Morgan fingerprint density at radius 1 is 0.935 bits per heavy atom. The summed E-state index contributed by atoms with van der Waals surface area (Å²) in [6, 6.07) is 6.39. The molecular weight excluding hydrogens is 633 g/mol. The number of carbonyl (C=O) groups excluding carboxylic acids is 4. The van der Waals surface area contributed by atoms with E-state index in [0.717, 1.165) is 11.1 Å². The van der Waals surface area contributed by atoms with E-state index in [9.17, 15) is 19.2 Å². The maximum absolute atomic E-state index is 13.0. The van der Waals surface area contributed by atoms with Crippen LogP contribution in [0, 0.1) is 0 Å². The number of alkyl carbamates (subject to hydrolysis) is 2. The number of hydrogen-bond donors (Lipinski definition) is 3. The Hall–Kier alpha value is -3.53. The van der Waals surface area contributed by atoms with Crippen molar-refractivity contribution in [2.45, 2.75) is 77.9 Å². The molecule has 0 aliphatic carbocycles. The number of thiazole rings is 1. The van der Waals surface area contributed by atoms with Crippen molar-refractivity contribution in [1.82, 2.24) is 20.9 Å². The van der Waals surface area contributed by atoms with Gasteiger partial charge in [-0.15, -0.1) is 11.3 Å². The maximum Gasteiger partial charge on any atom is 0.407 e. The van der Waals surface area contributed by atoms with Gasteiger partial charge in [0.2, 0.25) is 0 Å². The number of hydrogen-bond acceptors (Lipinski definition) is 11. The maximum atomic E-state index is 13.0. The van der Waals surface area contributed by atoms with Crippen molar-refractivity contribution in [3.05, 3.63) is 40.9 Å². The molecule has 1 heterocycles. The number of benzene rings is 1. The third kappa shape index (κ3) is 13.4. The SMILES string of the molecule is COC(=O)[C@H](CO[Si](C)(C)C(C)(C)C)NC(=O)c1csc(-c2ccc(CNC(=O)OCCOCCNC(=O)OC(C)(C)C)cc2)n1. The van der Waals surface area contributed by atoms with Crippen molar-refractivity contribution in [3.8, 4) is 10.6 Å². The predicted octanol–water partition coefficient (Wildman–Crippen LogP) is 4.87. The molecule has 0 radical (unpaired) electrons. The second-order valence-corrected chi connectivity index (χ2v) is 18.6. The zero-order valence-corrected chi connectivity index (χ0v) is 30.1. The summed E-state index contributed by atoms with van der Waals surface area (Å²) in [6.45, 7) is 16.8. The summed E-state index contributed by atoms with van der Waals surface area (Å²) in [5, 5.41) is 10.1. The number of ether oxygens (including phenoxy) is 4. The Labute approximate surface area is 276 Å². The Kier molecular flexibility index (Phi) is 14.6. The molecule has 46 heavy (non-hydrogen) atoms. The minimum absolute atomic E-state index is 0.0117. The summed E-state index contributed by atoms with van der Waals surface area (Å²) in [4.78, 5) is 53.4. The first-order valence-electron chi connectivity index (χ1n) is 14.9. The van der Waals surface area contributed by atoms with E-state index in [1.165, 1.54) is 18.4 Å². The molecule has 1 aromatic carbocycles. The molecule has 0 bridgehead atoms. The smallest absolute Gasteiger partial charge is 0.407 e. The number of nitrogens with one attached hydrogen (secondary N) is 3. The van der Waals surface area contributed by atoms with E-state index in [4.69, 9.17) is 23.4 Å². The normalized spacial score (nSPS) is 12.5. The molecule has 0 spiro atoms. The molecule has 0 aliphatic heterocycles. The first-order chi connectivity index (χ1) is 21.4. The van der Waals surface area contributed by atoms with E-state index in [1.807, 2.05) is 24.3 Å². The average molecular weight is 681 g/mol. The number of methoxy groups -OCH3 is 1. The molecule has 0 unspecified atom stereocenters. The lowest BCUT2D eigenvalue weighted by atomic mass is 10.1. The number of amides is 3. The minimum Gasteiger partial charge on any atom is -0.467 e. The number of rotatable bonds is 15. The van der Waals surface area contributed by atoms with E-state index < -0.39 is 44.0 Å². The Morgan fingerprint density at radius 3 is 2.22 bits per heavy atom. The molecule has 0 saturated heterocycles. The van der Waals surface area contributed by atoms with Crippen molar-refractivity contribution in [1.29, 1.82) is 0 Å². The Morgan fingerprint density at radius 2 is 1.61 bits per heavy atom. The zero-order chi connectivity index (χ0) is 34.5. The van der Waals surface area contributed by atoms with Crippen LogP contribution in [0.15, 0.2) is 29.6 Å². The van der Waals surface area contributed by atoms with Crippen LogP contribution in [0.5, 0.6) is 0 Å². The molecule has 2 rings (SSSR count). The standard InChI is InChI=1S/C31H48N4O9SSi/c1-30(2,3)44-29(39)32-14-15-41-16-17-42-28(38)33-18-21-10-12-22(13-11-21)26-35-24(20-45-26)25(36)34-23(27(37)40-7)19-43-46(8,9)31(4,5)6/h10-13,20,23H,14-19H2,1-9H3,(H,32,39)(H,33,38)(H,34,36)/t23-/m0/s1. The highest BCUT2D eigenvalue weighted by Crippen LogP contribution is 2.36. The van der Waals surface area contributed by atoms with Gasteiger partial charge in [0.1, 0.15) is 29.0 Å². The summed E-state index contributed by atoms with van der Waals surface area (Å²) < 4.78 is 26.6. The summed E-state index contributed by atoms with van der Waals surface area (Å²) in [5.74, 6) is -1.09. The summed E-state index contributed by atoms with van der Waals surface area (Å²) >= 11 is 1.30. The highest BCUT2D eigenvalue weighted by Gasteiger charge is 2.38. The Balaban J connectivity index is 1.78. The highest BCUT2D eigenvalue weighted by atomic mass is 32.1. The van der Waals surface area contributed by atoms with Gasteiger partial charge in [-0.1, -0.05) is 45.0 Å². The van der Waals surface area contributed by atoms with Crippen LogP contribution in [0.3, 0.4) is 0 Å². The van der Waals surface area contributed by atoms with Gasteiger partial charge in [-0.25, -0.2) is 19.4 Å². The van der Waals surface area contributed by atoms with Crippen LogP contribution in [0.2, 0.25) is 18.1 Å². The van der Waals surface area contributed by atoms with Crippen molar-refractivity contribution in [2.24, 2.45) is 0 Å². The van der Waals surface area contributed by atoms with Crippen LogP contribution >= 0.6 is 11.3 Å². The molecule has 1 atom stereocenters. The van der Waals surface area contributed by atoms with E-state index in [2.05, 4.69) is 54.8 Å². The van der Waals surface area contributed by atoms with E-state index in [0.29, 0.717) is 5.01 Å². The van der Waals surface area contributed by atoms with Crippen LogP contribution in [-0.4, -0.2) is 89.1 Å². The van der Waals surface area contributed by atoms with Crippen molar-refractivity contribution < 1.29 is 42.6 Å². The van der Waals surface area contributed by atoms with Crippen molar-refractivity contribution in [2.75, 3.05) is 40.1 Å². The predicted molar refractivity (Wildman–Crippen MR) is 177 cm³/mol. The minimum atomic E-state index is -2.16. The van der Waals surface area contributed by atoms with Gasteiger partial charge in [0, 0.05) is 24.0 Å². The second-order valence-electron chi connectivity index (χ2n) is 12.9. The number of aromatic nitrogens is 1. The molecule has 1 aromatic heterocycles. The molecule has 0 saturated carbocycles. The largest absolute Gasteiger partial charge is 0.467 e. The average Bonchev–Trinajstić information content (AvgIpc) is 3.46. The van der Waals surface area contributed by atoms with E-state index in [1.54, 1.807) is 26.2 Å². The third-order valence-electron chi connectivity index (χ3n) is 6.96. The van der Waals surface area contributed by atoms with Crippen LogP contribution < -0.4 is 16.0 Å². The zero-order valence-electron chi connectivity index (χ0n) is 28.2. The van der Waals surface area contributed by atoms with Gasteiger partial charge in [0.05, 0.1) is 26.9 Å². The quantitative estimate of drug-likeness (QED) is 0.102. The van der Waals surface area contributed by atoms with Gasteiger partial charge >= 0.3 is 18.2 Å². The lowest BCUT2D eigenvalue weighted by molar-refractivity contribution is -0.143. The van der Waals surface area contributed by atoms with Gasteiger partial charge in [0.15, 0.2) is 8.32 Å². The molecule has 13 nitrogen and oxygen atoms in total. The molecule has 0 fully saturated rings. The molecule has 3 N–H and O–H groups in total. The van der Waals surface area contributed by atoms with E-state index >= 15 is 0 Å². The fourth-order valence-corrected chi connectivity index (χ4v) is 5.21. The summed E-state index contributed by atoms with van der Waals surface area (Å²) in [7, 11) is -0.887. The summed E-state index contributed by atoms with van der Waals surface area (Å²) in [6.07, 6.45) is -1.11. The first kappa shape index (κ1) is 38.6. The molecule has 2 aromatic rings. The van der Waals surface area contributed by atoms with Crippen LogP contribution in [0.4, 0.5) is 9.59 Å². The molecule has 256 valence electrons. The van der Waals surface area contributed by atoms with Crippen molar-refractivity contribution in [3.63, 3.8) is 0 Å². The first-order valence-corrected chi connectivity index (χ1v) is 18.7. The van der Waals surface area contributed by atoms with E-state index in [-0.39, 0.29) is 50.2 Å². The highest BCUT2D eigenvalue weighted by molar-refractivity contribution is 7.13. The van der Waals surface area contributed by atoms with Gasteiger partial charge in [-0.3, -0.25) is 4.79 Å². The van der Waals surface area contributed by atoms with Crippen LogP contribution in [0.1, 0.15) is 57.6 Å². The number of esters is 1. The monoisotopic (exact) mass is 680 g/mol. The van der Waals surface area contributed by atoms with Crippen molar-refractivity contribution >= 4 is 43.7 Å². The second kappa shape index (κ2) is 17.4. The fraction of sp³-hybridized carbons (Fsp3) is 0.581. The number of carbonyl (C=O) groups is 4. The third-order valence-corrected chi connectivity index (χ3v) is 12.4. The summed E-state index contributed by atoms with van der Waals surface area (Å²) in [5.41, 5.74) is 1.24. The van der Waals surface area contributed by atoms with Gasteiger partial charge in [0.25, 0.3) is 5.91 Å². The number of nitrogens with zero attached hydrogens (tertiary/aromatic N) is 1. The van der Waals surface area contributed by atoms with Gasteiger partial charge < -0.3 is 39.3 Å². The van der Waals surface area contributed by atoms with Crippen LogP contribution in [-0.2, 0) is 34.7 Å². The van der Waals surface area contributed by atoms with Gasteiger partial charge in [-0.05, 0) is 44.5 Å². The lowest BCUT2D eigenvalue weighted by Crippen LogP contribution is -2.49. The topological polar surface area (TPSA) is 163 Å². The van der Waals surface area contributed by atoms with Gasteiger partial charge in [-0.2, -0.15) is 0 Å². The molecule has 15 heteroatoms. The molecule has 3 amide bonds. The lowest BCUT2D eigenvalue weighted by Gasteiger charge is -2.37. The molecular formula is C31H48N4O9SSi. The fourth-order valence-electron chi connectivity index (χ4n) is 3.39. The Bertz CT molecular complexity index is 1300. The van der Waals surface area contributed by atoms with Crippen LogP contribution in [0.25, 0.3) is 10.6 Å². The molecule has 0 aliphatic rings.